The molecule has 510 valence electrons. The van der Waals surface area contributed by atoms with Gasteiger partial charge in [-0.05, 0) is 31.6 Å². The Balaban J connectivity index is 5.20. The summed E-state index contributed by atoms with van der Waals surface area (Å²) in [4.78, 5) is 72.3. The van der Waals surface area contributed by atoms with Crippen LogP contribution in [-0.4, -0.2) is 96.7 Å². The fourth-order valence-corrected chi connectivity index (χ4v) is 11.7. The van der Waals surface area contributed by atoms with Crippen LogP contribution in [0.15, 0.2) is 0 Å². The van der Waals surface area contributed by atoms with Gasteiger partial charge in [0.05, 0.1) is 26.4 Å². The molecule has 0 amide bonds. The Morgan fingerprint density at radius 1 is 0.314 bits per heavy atom. The molecule has 0 fully saturated rings. The van der Waals surface area contributed by atoms with E-state index in [0.29, 0.717) is 25.7 Å². The zero-order valence-electron chi connectivity index (χ0n) is 55.4. The lowest BCUT2D eigenvalue weighted by molar-refractivity contribution is -0.161. The van der Waals surface area contributed by atoms with Gasteiger partial charge in [0.15, 0.2) is 12.2 Å². The number of ether oxygens (including phenoxy) is 4. The Bertz CT molecular complexity index is 1670. The molecule has 0 saturated carbocycles. The average Bonchev–Trinajstić information content (AvgIpc) is 3.65. The number of hydrogen-bond donors (Lipinski definition) is 3. The summed E-state index contributed by atoms with van der Waals surface area (Å²) in [5.41, 5.74) is 0. The van der Waals surface area contributed by atoms with Crippen molar-refractivity contribution in [2.24, 2.45) is 5.92 Å². The van der Waals surface area contributed by atoms with Crippen molar-refractivity contribution in [3.05, 3.63) is 0 Å². The molecule has 0 saturated heterocycles. The summed E-state index contributed by atoms with van der Waals surface area (Å²) in [6, 6.07) is 0. The zero-order valence-corrected chi connectivity index (χ0v) is 57.2. The smallest absolute Gasteiger partial charge is 0.462 e. The highest BCUT2D eigenvalue weighted by atomic mass is 31.2. The van der Waals surface area contributed by atoms with Crippen molar-refractivity contribution in [1.29, 1.82) is 0 Å². The number of unbranched alkanes of at least 4 members (excludes halogenated alkanes) is 39. The van der Waals surface area contributed by atoms with E-state index in [2.05, 4.69) is 34.6 Å². The summed E-state index contributed by atoms with van der Waals surface area (Å²) in [6.45, 7) is 7.16. The summed E-state index contributed by atoms with van der Waals surface area (Å²) in [6.07, 6.45) is 45.9. The fraction of sp³-hybridized carbons (Fsp3) is 0.940. The first-order valence-corrected chi connectivity index (χ1v) is 38.1. The van der Waals surface area contributed by atoms with E-state index in [1.54, 1.807) is 0 Å². The number of carbonyl (C=O) groups excluding carboxylic acids is 4. The van der Waals surface area contributed by atoms with Gasteiger partial charge in [0, 0.05) is 25.7 Å². The molecule has 17 nitrogen and oxygen atoms in total. The Labute approximate surface area is 524 Å². The molecule has 3 N–H and O–H groups in total. The van der Waals surface area contributed by atoms with Crippen LogP contribution in [0.2, 0.25) is 0 Å². The lowest BCUT2D eigenvalue weighted by Crippen LogP contribution is -2.30. The minimum atomic E-state index is -4.95. The molecule has 0 aromatic carbocycles. The predicted octanol–water partition coefficient (Wildman–Crippen LogP) is 19.0. The van der Waals surface area contributed by atoms with E-state index in [1.807, 2.05) is 0 Å². The number of hydrogen-bond acceptors (Lipinski definition) is 15. The summed E-state index contributed by atoms with van der Waals surface area (Å²) >= 11 is 0. The minimum Gasteiger partial charge on any atom is -0.462 e. The number of carbonyl (C=O) groups is 4. The lowest BCUT2D eigenvalue weighted by Gasteiger charge is -2.21. The molecule has 19 heteroatoms. The first-order chi connectivity index (χ1) is 41.5. The summed E-state index contributed by atoms with van der Waals surface area (Å²) in [5.74, 6) is -1.40. The fourth-order valence-electron chi connectivity index (χ4n) is 10.1. The van der Waals surface area contributed by atoms with Crippen LogP contribution >= 0.6 is 15.6 Å². The van der Waals surface area contributed by atoms with Gasteiger partial charge in [0.2, 0.25) is 0 Å². The summed E-state index contributed by atoms with van der Waals surface area (Å²) in [7, 11) is -9.89. The molecule has 0 aliphatic carbocycles. The van der Waals surface area contributed by atoms with Gasteiger partial charge >= 0.3 is 39.5 Å². The van der Waals surface area contributed by atoms with E-state index in [4.69, 9.17) is 37.0 Å². The lowest BCUT2D eigenvalue weighted by atomic mass is 10.0. The Morgan fingerprint density at radius 3 is 0.791 bits per heavy atom. The van der Waals surface area contributed by atoms with Crippen molar-refractivity contribution in [2.75, 3.05) is 39.6 Å². The molecule has 86 heavy (non-hydrogen) atoms. The molecule has 0 aromatic rings. The minimum absolute atomic E-state index is 0.106. The first-order valence-electron chi connectivity index (χ1n) is 35.1. The standard InChI is InChI=1S/C67H130O17P2/c1-6-9-12-15-18-21-23-24-25-26-27-28-29-31-38-43-48-53-67(72)84-63(57-78-65(70)51-46-41-36-33-32-34-39-44-49-60(4)5)59-82-86(75,76)80-55-61(68)54-79-85(73,74)81-58-62(56-77-64(69)50-45-40-35-20-17-14-11-8-3)83-66(71)52-47-42-37-30-22-19-16-13-10-7-2/h60-63,68H,6-59H2,1-5H3,(H,73,74)(H,75,76)/t61-,62+,63+/m0/s1. The number of esters is 4. The van der Waals surface area contributed by atoms with Gasteiger partial charge in [-0.3, -0.25) is 37.3 Å². The van der Waals surface area contributed by atoms with Crippen LogP contribution < -0.4 is 0 Å². The van der Waals surface area contributed by atoms with Crippen LogP contribution in [0.25, 0.3) is 0 Å². The maximum atomic E-state index is 13.0. The van der Waals surface area contributed by atoms with E-state index in [-0.39, 0.29) is 25.7 Å². The van der Waals surface area contributed by atoms with Crippen molar-refractivity contribution in [1.82, 2.24) is 0 Å². The molecule has 2 unspecified atom stereocenters. The molecule has 0 aliphatic heterocycles. The number of phosphoric acid groups is 2. The zero-order chi connectivity index (χ0) is 63.5. The topological polar surface area (TPSA) is 237 Å². The molecule has 0 rings (SSSR count). The van der Waals surface area contributed by atoms with Crippen molar-refractivity contribution in [2.45, 2.75) is 361 Å². The second-order valence-electron chi connectivity index (χ2n) is 24.7. The second kappa shape index (κ2) is 60.6. The normalized spacial score (nSPS) is 14.2. The van der Waals surface area contributed by atoms with Crippen LogP contribution in [0.4, 0.5) is 0 Å². The molecule has 0 bridgehead atoms. The summed E-state index contributed by atoms with van der Waals surface area (Å²) in [5, 5.41) is 10.5. The van der Waals surface area contributed by atoms with Crippen LogP contribution in [0.1, 0.15) is 343 Å². The number of phosphoric ester groups is 2. The highest BCUT2D eigenvalue weighted by molar-refractivity contribution is 7.47. The third-order valence-electron chi connectivity index (χ3n) is 15.5. The van der Waals surface area contributed by atoms with E-state index in [9.17, 15) is 43.2 Å². The molecule has 0 aromatic heterocycles. The Morgan fingerprint density at radius 2 is 0.535 bits per heavy atom. The van der Waals surface area contributed by atoms with Crippen molar-refractivity contribution in [3.8, 4) is 0 Å². The average molecular weight is 1270 g/mol. The SMILES string of the molecule is CCCCCCCCCCCCCCCCCCCC(=O)O[C@H](COC(=O)CCCCCCCCCCC(C)C)COP(=O)(O)OC[C@@H](O)COP(=O)(O)OC[C@@H](COC(=O)CCCCCCCCCC)OC(=O)CCCCCCCCCCCC. The molecule has 0 radical (unpaired) electrons. The van der Waals surface area contributed by atoms with Gasteiger partial charge in [-0.2, -0.15) is 0 Å². The number of rotatable bonds is 67. The van der Waals surface area contributed by atoms with E-state index >= 15 is 0 Å². The molecule has 0 heterocycles. The number of aliphatic hydroxyl groups is 1. The number of aliphatic hydroxyl groups excluding tert-OH is 1. The maximum Gasteiger partial charge on any atom is 0.472 e. The summed E-state index contributed by atoms with van der Waals surface area (Å²) < 4.78 is 68.1. The van der Waals surface area contributed by atoms with Crippen LogP contribution in [-0.2, 0) is 65.4 Å². The second-order valence-corrected chi connectivity index (χ2v) is 27.6. The predicted molar refractivity (Wildman–Crippen MR) is 345 cm³/mol. The first kappa shape index (κ1) is 84.1. The largest absolute Gasteiger partial charge is 0.472 e. The van der Waals surface area contributed by atoms with Gasteiger partial charge in [-0.25, -0.2) is 9.13 Å². The van der Waals surface area contributed by atoms with Crippen LogP contribution in [0, 0.1) is 5.92 Å². The Hall–Kier alpha value is -1.94. The van der Waals surface area contributed by atoms with E-state index < -0.39 is 97.5 Å². The highest BCUT2D eigenvalue weighted by Crippen LogP contribution is 2.45. The van der Waals surface area contributed by atoms with Gasteiger partial charge in [0.1, 0.15) is 19.3 Å². The maximum absolute atomic E-state index is 13.0. The van der Waals surface area contributed by atoms with Crippen LogP contribution in [0.3, 0.4) is 0 Å². The third-order valence-corrected chi connectivity index (χ3v) is 17.4. The molecular weight excluding hydrogens is 1140 g/mol. The molecule has 0 spiro atoms. The van der Waals surface area contributed by atoms with Gasteiger partial charge in [-0.15, -0.1) is 0 Å². The van der Waals surface area contributed by atoms with E-state index in [1.165, 1.54) is 161 Å². The van der Waals surface area contributed by atoms with Gasteiger partial charge in [-0.1, -0.05) is 291 Å². The quantitative estimate of drug-likeness (QED) is 0.0222. The molecular formula is C67H130O17P2. The molecule has 5 atom stereocenters. The van der Waals surface area contributed by atoms with Gasteiger partial charge in [0.25, 0.3) is 0 Å². The van der Waals surface area contributed by atoms with Crippen molar-refractivity contribution >= 4 is 39.5 Å². The Kier molecular flexibility index (Phi) is 59.2. The monoisotopic (exact) mass is 1270 g/mol. The van der Waals surface area contributed by atoms with Crippen molar-refractivity contribution in [3.63, 3.8) is 0 Å². The third kappa shape index (κ3) is 60.9. The van der Waals surface area contributed by atoms with Gasteiger partial charge < -0.3 is 33.8 Å². The van der Waals surface area contributed by atoms with E-state index in [0.717, 1.165) is 102 Å². The van der Waals surface area contributed by atoms with Crippen molar-refractivity contribution < 1.29 is 80.2 Å². The van der Waals surface area contributed by atoms with Crippen LogP contribution in [0.5, 0.6) is 0 Å². The molecule has 0 aliphatic rings. The highest BCUT2D eigenvalue weighted by Gasteiger charge is 2.30.